The zero-order valence-electron chi connectivity index (χ0n) is 18.8. The molecule has 2 amide bonds. The lowest BCUT2D eigenvalue weighted by Gasteiger charge is -2.27. The van der Waals surface area contributed by atoms with Crippen LogP contribution in [0.5, 0.6) is 0 Å². The Morgan fingerprint density at radius 3 is 2.66 bits per heavy atom. The lowest BCUT2D eigenvalue weighted by atomic mass is 10.1. The van der Waals surface area contributed by atoms with Crippen LogP contribution in [0.2, 0.25) is 0 Å². The molecule has 0 radical (unpaired) electrons. The maximum atomic E-state index is 12.5. The van der Waals surface area contributed by atoms with Crippen molar-refractivity contribution in [2.24, 2.45) is 0 Å². The number of hydrogen-bond acceptors (Lipinski definition) is 7. The maximum Gasteiger partial charge on any atom is 0.410 e. The number of ether oxygens (including phenoxy) is 1. The molecule has 0 fully saturated rings. The number of aryl methyl sites for hydroxylation is 1. The van der Waals surface area contributed by atoms with Gasteiger partial charge in [-0.1, -0.05) is 18.2 Å². The highest BCUT2D eigenvalue weighted by Gasteiger charge is 2.22. The molecule has 2 aromatic heterocycles. The van der Waals surface area contributed by atoms with E-state index in [1.54, 1.807) is 16.2 Å². The highest BCUT2D eigenvalue weighted by atomic mass is 32.1. The maximum absolute atomic E-state index is 12.5. The van der Waals surface area contributed by atoms with E-state index in [0.717, 1.165) is 11.1 Å². The van der Waals surface area contributed by atoms with E-state index < -0.39 is 5.60 Å². The van der Waals surface area contributed by atoms with Gasteiger partial charge in [-0.3, -0.25) is 4.79 Å². The van der Waals surface area contributed by atoms with Crippen molar-refractivity contribution >= 4 is 29.0 Å². The van der Waals surface area contributed by atoms with E-state index in [9.17, 15) is 9.59 Å². The lowest BCUT2D eigenvalue weighted by molar-refractivity contribution is -0.116. The van der Waals surface area contributed by atoms with E-state index in [1.807, 2.05) is 68.8 Å². The Morgan fingerprint density at radius 2 is 1.97 bits per heavy atom. The average molecular weight is 457 g/mol. The van der Waals surface area contributed by atoms with Crippen molar-refractivity contribution in [3.63, 3.8) is 0 Å². The Balaban J connectivity index is 1.59. The van der Waals surface area contributed by atoms with Crippen molar-refractivity contribution in [3.05, 3.63) is 52.5 Å². The zero-order valence-corrected chi connectivity index (χ0v) is 19.6. The molecule has 8 nitrogen and oxygen atoms in total. The first-order chi connectivity index (χ1) is 15.2. The van der Waals surface area contributed by atoms with Gasteiger partial charge in [0.25, 0.3) is 0 Å². The molecular weight excluding hydrogens is 428 g/mol. The number of benzene rings is 1. The number of carbonyl (C=O) groups is 2. The number of hydrogen-bond donors (Lipinski definition) is 1. The van der Waals surface area contributed by atoms with E-state index in [1.165, 1.54) is 0 Å². The lowest BCUT2D eigenvalue weighted by Crippen LogP contribution is -2.36. The van der Waals surface area contributed by atoms with Gasteiger partial charge in [-0.05, 0) is 50.8 Å². The van der Waals surface area contributed by atoms with Crippen molar-refractivity contribution in [2.75, 3.05) is 11.9 Å². The smallest absolute Gasteiger partial charge is 0.410 e. The Morgan fingerprint density at radius 1 is 1.19 bits per heavy atom. The number of carbonyl (C=O) groups excluding carboxylic acids is 2. The second kappa shape index (κ2) is 10.4. The highest BCUT2D eigenvalue weighted by molar-refractivity contribution is 7.08. The highest BCUT2D eigenvalue weighted by Crippen LogP contribution is 2.22. The molecule has 3 rings (SSSR count). The van der Waals surface area contributed by atoms with Crippen LogP contribution >= 0.6 is 11.3 Å². The van der Waals surface area contributed by atoms with Crippen molar-refractivity contribution in [1.82, 2.24) is 15.1 Å². The van der Waals surface area contributed by atoms with E-state index in [4.69, 9.17) is 9.15 Å². The van der Waals surface area contributed by atoms with Crippen LogP contribution in [-0.2, 0) is 22.5 Å². The molecule has 0 saturated heterocycles. The molecule has 0 aliphatic carbocycles. The van der Waals surface area contributed by atoms with Gasteiger partial charge < -0.3 is 19.4 Å². The van der Waals surface area contributed by atoms with Crippen molar-refractivity contribution in [3.8, 4) is 11.5 Å². The summed E-state index contributed by atoms with van der Waals surface area (Å²) in [5, 5.41) is 14.8. The first-order valence-corrected chi connectivity index (χ1v) is 11.4. The fourth-order valence-electron chi connectivity index (χ4n) is 2.91. The van der Waals surface area contributed by atoms with E-state index in [2.05, 4.69) is 15.5 Å². The third kappa shape index (κ3) is 6.65. The summed E-state index contributed by atoms with van der Waals surface area (Å²) in [4.78, 5) is 26.6. The number of para-hydroxylation sites is 1. The van der Waals surface area contributed by atoms with Crippen molar-refractivity contribution < 1.29 is 18.7 Å². The SMILES string of the molecule is CCN(Cc1ccccc1NC(=O)CCc1nnc(-c2ccsc2)o1)C(=O)OC(C)(C)C. The zero-order chi connectivity index (χ0) is 23.1. The summed E-state index contributed by atoms with van der Waals surface area (Å²) < 4.78 is 11.1. The molecular formula is C23H28N4O4S. The number of thiophene rings is 1. The van der Waals surface area contributed by atoms with E-state index in [0.29, 0.717) is 37.0 Å². The second-order valence-corrected chi connectivity index (χ2v) is 8.99. The molecule has 0 atom stereocenters. The third-order valence-corrected chi connectivity index (χ3v) is 5.17. The van der Waals surface area contributed by atoms with Gasteiger partial charge in [-0.15, -0.1) is 10.2 Å². The number of nitrogens with zero attached hydrogens (tertiary/aromatic N) is 3. The van der Waals surface area contributed by atoms with Crippen LogP contribution in [0.1, 0.15) is 45.6 Å². The fourth-order valence-corrected chi connectivity index (χ4v) is 3.54. The quantitative estimate of drug-likeness (QED) is 0.505. The second-order valence-electron chi connectivity index (χ2n) is 8.21. The summed E-state index contributed by atoms with van der Waals surface area (Å²) >= 11 is 1.55. The van der Waals surface area contributed by atoms with Gasteiger partial charge in [0.15, 0.2) is 0 Å². The molecule has 0 aliphatic heterocycles. The van der Waals surface area contributed by atoms with Gasteiger partial charge in [-0.25, -0.2) is 4.79 Å². The van der Waals surface area contributed by atoms with Gasteiger partial charge in [0, 0.05) is 36.0 Å². The van der Waals surface area contributed by atoms with Gasteiger partial charge in [0.2, 0.25) is 17.7 Å². The molecule has 0 aliphatic rings. The number of amides is 2. The first kappa shape index (κ1) is 23.5. The van der Waals surface area contributed by atoms with E-state index in [-0.39, 0.29) is 18.4 Å². The van der Waals surface area contributed by atoms with E-state index >= 15 is 0 Å². The summed E-state index contributed by atoms with van der Waals surface area (Å²) in [6.45, 7) is 8.20. The molecule has 1 aromatic carbocycles. The predicted molar refractivity (Wildman–Crippen MR) is 123 cm³/mol. The predicted octanol–water partition coefficient (Wildman–Crippen LogP) is 5.13. The summed E-state index contributed by atoms with van der Waals surface area (Å²) in [5.41, 5.74) is 1.78. The van der Waals surface area contributed by atoms with Crippen LogP contribution in [0.3, 0.4) is 0 Å². The van der Waals surface area contributed by atoms with Crippen LogP contribution in [0.4, 0.5) is 10.5 Å². The Bertz CT molecular complexity index is 1040. The third-order valence-electron chi connectivity index (χ3n) is 4.49. The van der Waals surface area contributed by atoms with Gasteiger partial charge >= 0.3 is 6.09 Å². The molecule has 3 aromatic rings. The first-order valence-electron chi connectivity index (χ1n) is 10.5. The fraction of sp³-hybridized carbons (Fsp3) is 0.391. The summed E-state index contributed by atoms with van der Waals surface area (Å²) in [7, 11) is 0. The molecule has 0 bridgehead atoms. The molecule has 1 N–H and O–H groups in total. The monoisotopic (exact) mass is 456 g/mol. The van der Waals surface area contributed by atoms with Crippen LogP contribution in [-0.4, -0.2) is 39.2 Å². The average Bonchev–Trinajstić information content (AvgIpc) is 3.42. The largest absolute Gasteiger partial charge is 0.444 e. The summed E-state index contributed by atoms with van der Waals surface area (Å²) in [6, 6.07) is 9.32. The molecule has 170 valence electrons. The number of nitrogens with one attached hydrogen (secondary N) is 1. The van der Waals surface area contributed by atoms with Crippen LogP contribution in [0, 0.1) is 0 Å². The minimum Gasteiger partial charge on any atom is -0.444 e. The molecule has 0 spiro atoms. The Kier molecular flexibility index (Phi) is 7.63. The van der Waals surface area contributed by atoms with Gasteiger partial charge in [0.05, 0.1) is 6.54 Å². The molecule has 0 saturated carbocycles. The van der Waals surface area contributed by atoms with Gasteiger partial charge in [-0.2, -0.15) is 11.3 Å². The minimum atomic E-state index is -0.573. The molecule has 9 heteroatoms. The van der Waals surface area contributed by atoms with Crippen LogP contribution in [0.25, 0.3) is 11.5 Å². The number of aromatic nitrogens is 2. The van der Waals surface area contributed by atoms with Crippen LogP contribution < -0.4 is 5.32 Å². The molecule has 32 heavy (non-hydrogen) atoms. The molecule has 2 heterocycles. The standard InChI is InChI=1S/C23H28N4O4S/c1-5-27(22(29)31-23(2,3)4)14-16-8-6-7-9-18(16)24-19(28)10-11-20-25-26-21(30-20)17-12-13-32-15-17/h6-9,12-13,15H,5,10-11,14H2,1-4H3,(H,24,28). The number of rotatable bonds is 8. The Hall–Kier alpha value is -3.20. The number of anilines is 1. The minimum absolute atomic E-state index is 0.173. The molecule has 0 unspecified atom stereocenters. The topological polar surface area (TPSA) is 97.6 Å². The normalized spacial score (nSPS) is 11.2. The van der Waals surface area contributed by atoms with Crippen molar-refractivity contribution in [2.45, 2.75) is 52.7 Å². The van der Waals surface area contributed by atoms with Gasteiger partial charge in [0.1, 0.15) is 5.60 Å². The Labute approximate surface area is 191 Å². The van der Waals surface area contributed by atoms with Crippen molar-refractivity contribution in [1.29, 1.82) is 0 Å². The summed E-state index contributed by atoms with van der Waals surface area (Å²) in [6.07, 6.45) is 0.145. The summed E-state index contributed by atoms with van der Waals surface area (Å²) in [5.74, 6) is 0.693. The van der Waals surface area contributed by atoms with Crippen LogP contribution in [0.15, 0.2) is 45.5 Å².